The van der Waals surface area contributed by atoms with Gasteiger partial charge in [-0.3, -0.25) is 9.00 Å². The van der Waals surface area contributed by atoms with Gasteiger partial charge in [0.2, 0.25) is 0 Å². The van der Waals surface area contributed by atoms with E-state index in [1.54, 1.807) is 13.2 Å². The van der Waals surface area contributed by atoms with E-state index < -0.39 is 10.8 Å². The highest BCUT2D eigenvalue weighted by atomic mass is 32.2. The van der Waals surface area contributed by atoms with Gasteiger partial charge >= 0.3 is 0 Å². The lowest BCUT2D eigenvalue weighted by Gasteiger charge is -2.05. The van der Waals surface area contributed by atoms with Crippen LogP contribution in [0.2, 0.25) is 0 Å². The summed E-state index contributed by atoms with van der Waals surface area (Å²) in [6, 6.07) is 7.39. The number of anilines is 1. The van der Waals surface area contributed by atoms with Crippen molar-refractivity contribution in [1.82, 2.24) is 0 Å². The Bertz CT molecular complexity index is 373. The third-order valence-electron chi connectivity index (χ3n) is 2.23. The fraction of sp³-hybridized carbons (Fsp3) is 0.417. The van der Waals surface area contributed by atoms with Crippen molar-refractivity contribution < 1.29 is 9.00 Å². The molecule has 1 N–H and O–H groups in total. The first-order valence-corrected chi connectivity index (χ1v) is 6.97. The van der Waals surface area contributed by atoms with Crippen molar-refractivity contribution in [3.05, 3.63) is 29.8 Å². The van der Waals surface area contributed by atoms with E-state index in [1.165, 1.54) is 0 Å². The van der Waals surface area contributed by atoms with Crippen molar-refractivity contribution in [2.24, 2.45) is 0 Å². The van der Waals surface area contributed by atoms with Crippen LogP contribution in [0.5, 0.6) is 0 Å². The highest BCUT2D eigenvalue weighted by molar-refractivity contribution is 7.84. The van der Waals surface area contributed by atoms with Gasteiger partial charge in [-0.05, 0) is 37.6 Å². The summed E-state index contributed by atoms with van der Waals surface area (Å²) in [7, 11) is -0.718. The number of Topliss-reactive ketones (excluding diaryl/α,β-unsaturated/α-hetero) is 1. The maximum Gasteiger partial charge on any atom is 0.159 e. The number of rotatable bonds is 6. The van der Waals surface area contributed by atoms with Crippen LogP contribution in [0.4, 0.5) is 5.69 Å². The zero-order chi connectivity index (χ0) is 12.0. The third kappa shape index (κ3) is 4.57. The van der Waals surface area contributed by atoms with Gasteiger partial charge in [-0.25, -0.2) is 0 Å². The number of ketones is 1. The van der Waals surface area contributed by atoms with Crippen LogP contribution in [0.25, 0.3) is 0 Å². The van der Waals surface area contributed by atoms with Crippen LogP contribution in [-0.2, 0) is 10.8 Å². The molecule has 1 atom stereocenters. The summed E-state index contributed by atoms with van der Waals surface area (Å²) >= 11 is 0. The molecule has 1 aromatic rings. The van der Waals surface area contributed by atoms with E-state index >= 15 is 0 Å². The van der Waals surface area contributed by atoms with Gasteiger partial charge in [0.05, 0.1) is 0 Å². The molecular weight excluding hydrogens is 222 g/mol. The normalized spacial score (nSPS) is 12.1. The third-order valence-corrected chi connectivity index (χ3v) is 3.09. The summed E-state index contributed by atoms with van der Waals surface area (Å²) in [5, 5.41) is 3.22. The number of carbonyl (C=O) groups is 1. The number of nitrogens with one attached hydrogen (secondary N) is 1. The van der Waals surface area contributed by atoms with E-state index in [2.05, 4.69) is 5.32 Å². The second-order valence-corrected chi connectivity index (χ2v) is 5.25. The molecular formula is C12H17NO2S. The van der Waals surface area contributed by atoms with Gasteiger partial charge in [-0.2, -0.15) is 0 Å². The summed E-state index contributed by atoms with van der Waals surface area (Å²) in [4.78, 5) is 11.0. The van der Waals surface area contributed by atoms with E-state index in [4.69, 9.17) is 0 Å². The molecule has 0 aliphatic carbocycles. The van der Waals surface area contributed by atoms with E-state index in [1.807, 2.05) is 24.3 Å². The van der Waals surface area contributed by atoms with Crippen molar-refractivity contribution in [1.29, 1.82) is 0 Å². The molecule has 0 heterocycles. The van der Waals surface area contributed by atoms with Gasteiger partial charge in [0.25, 0.3) is 0 Å². The molecule has 0 fully saturated rings. The Morgan fingerprint density at radius 3 is 2.44 bits per heavy atom. The van der Waals surface area contributed by atoms with Crippen molar-refractivity contribution in [2.45, 2.75) is 13.3 Å². The van der Waals surface area contributed by atoms with Gasteiger partial charge in [0.15, 0.2) is 5.78 Å². The molecule has 1 aromatic carbocycles. The van der Waals surface area contributed by atoms with Crippen LogP contribution in [0, 0.1) is 0 Å². The van der Waals surface area contributed by atoms with Crippen molar-refractivity contribution in [3.8, 4) is 0 Å². The summed E-state index contributed by atoms with van der Waals surface area (Å²) in [6.07, 6.45) is 2.60. The molecule has 0 bridgehead atoms. The van der Waals surface area contributed by atoms with E-state index in [-0.39, 0.29) is 5.78 Å². The molecule has 0 aliphatic rings. The molecule has 0 aromatic heterocycles. The quantitative estimate of drug-likeness (QED) is 0.610. The molecule has 88 valence electrons. The number of hydrogen-bond donors (Lipinski definition) is 1. The molecule has 0 radical (unpaired) electrons. The van der Waals surface area contributed by atoms with Crippen LogP contribution in [0.15, 0.2) is 24.3 Å². The maximum absolute atomic E-state index is 11.0. The first kappa shape index (κ1) is 12.9. The molecule has 0 saturated carbocycles. The first-order chi connectivity index (χ1) is 7.59. The summed E-state index contributed by atoms with van der Waals surface area (Å²) < 4.78 is 10.8. The molecule has 3 nitrogen and oxygen atoms in total. The second kappa shape index (κ2) is 6.43. The Morgan fingerprint density at radius 2 is 1.94 bits per heavy atom. The van der Waals surface area contributed by atoms with Crippen molar-refractivity contribution in [3.63, 3.8) is 0 Å². The molecule has 1 rings (SSSR count). The number of benzene rings is 1. The zero-order valence-corrected chi connectivity index (χ0v) is 10.5. The minimum atomic E-state index is -0.718. The highest BCUT2D eigenvalue weighted by Gasteiger charge is 1.98. The Hall–Kier alpha value is -1.16. The molecule has 0 amide bonds. The van der Waals surface area contributed by atoms with Gasteiger partial charge < -0.3 is 5.32 Å². The van der Waals surface area contributed by atoms with Crippen LogP contribution in [0.3, 0.4) is 0 Å². The molecule has 4 heteroatoms. The summed E-state index contributed by atoms with van der Waals surface area (Å²) in [5.41, 5.74) is 1.71. The maximum atomic E-state index is 11.0. The number of carbonyl (C=O) groups excluding carboxylic acids is 1. The standard InChI is InChI=1S/C12H17NO2S/c1-10(14)11-4-6-12(7-5-11)13-8-3-9-16(2)15/h4-7,13H,3,8-9H2,1-2H3. The van der Waals surface area contributed by atoms with Gasteiger partial charge in [-0.15, -0.1) is 0 Å². The first-order valence-electron chi connectivity index (χ1n) is 5.24. The molecule has 0 saturated heterocycles. The van der Waals surface area contributed by atoms with Gasteiger partial charge in [0, 0.05) is 40.6 Å². The van der Waals surface area contributed by atoms with Crippen LogP contribution in [-0.4, -0.2) is 28.5 Å². The minimum absolute atomic E-state index is 0.0768. The van der Waals surface area contributed by atoms with Gasteiger partial charge in [0.1, 0.15) is 0 Å². The predicted molar refractivity (Wildman–Crippen MR) is 68.5 cm³/mol. The zero-order valence-electron chi connectivity index (χ0n) is 9.66. The summed E-state index contributed by atoms with van der Waals surface area (Å²) in [5.74, 6) is 0.798. The Balaban J connectivity index is 2.38. The minimum Gasteiger partial charge on any atom is -0.385 e. The fourth-order valence-electron chi connectivity index (χ4n) is 1.33. The Labute approximate surface area is 98.7 Å². The largest absolute Gasteiger partial charge is 0.385 e. The number of hydrogen-bond acceptors (Lipinski definition) is 3. The van der Waals surface area contributed by atoms with Crippen LogP contribution < -0.4 is 5.32 Å². The average molecular weight is 239 g/mol. The molecule has 0 aliphatic heterocycles. The summed E-state index contributed by atoms with van der Waals surface area (Å²) in [6.45, 7) is 2.36. The van der Waals surface area contributed by atoms with Crippen LogP contribution in [0.1, 0.15) is 23.7 Å². The molecule has 1 unspecified atom stereocenters. The van der Waals surface area contributed by atoms with E-state index in [0.29, 0.717) is 0 Å². The van der Waals surface area contributed by atoms with E-state index in [0.717, 1.165) is 30.0 Å². The van der Waals surface area contributed by atoms with E-state index in [9.17, 15) is 9.00 Å². The van der Waals surface area contributed by atoms with Gasteiger partial charge in [-0.1, -0.05) is 0 Å². The second-order valence-electron chi connectivity index (χ2n) is 3.69. The highest BCUT2D eigenvalue weighted by Crippen LogP contribution is 2.09. The molecule has 16 heavy (non-hydrogen) atoms. The fourth-order valence-corrected chi connectivity index (χ4v) is 1.88. The lowest BCUT2D eigenvalue weighted by molar-refractivity contribution is 0.101. The lowest BCUT2D eigenvalue weighted by atomic mass is 10.1. The Morgan fingerprint density at radius 1 is 1.31 bits per heavy atom. The SMILES string of the molecule is CC(=O)c1ccc(NCCCS(C)=O)cc1. The molecule has 0 spiro atoms. The van der Waals surface area contributed by atoms with Crippen molar-refractivity contribution in [2.75, 3.05) is 23.9 Å². The lowest BCUT2D eigenvalue weighted by Crippen LogP contribution is -2.06. The predicted octanol–water partition coefficient (Wildman–Crippen LogP) is 2.07. The topological polar surface area (TPSA) is 46.2 Å². The smallest absolute Gasteiger partial charge is 0.159 e. The monoisotopic (exact) mass is 239 g/mol. The van der Waals surface area contributed by atoms with Crippen LogP contribution >= 0.6 is 0 Å². The Kier molecular flexibility index (Phi) is 5.19. The average Bonchev–Trinajstić information content (AvgIpc) is 2.25. The van der Waals surface area contributed by atoms with Crippen molar-refractivity contribution >= 4 is 22.3 Å².